The van der Waals surface area contributed by atoms with Crippen molar-refractivity contribution in [2.45, 2.75) is 30.0 Å². The number of nitrogens with one attached hydrogen (secondary N) is 1. The zero-order valence-corrected chi connectivity index (χ0v) is 10.7. The van der Waals surface area contributed by atoms with Crippen LogP contribution in [0, 0.1) is 0 Å². The third-order valence-corrected chi connectivity index (χ3v) is 4.07. The third-order valence-electron chi connectivity index (χ3n) is 3.02. The highest BCUT2D eigenvalue weighted by atomic mass is 32.2. The summed E-state index contributed by atoms with van der Waals surface area (Å²) in [6.07, 6.45) is 4.87. The quantitative estimate of drug-likeness (QED) is 0.676. The Kier molecular flexibility index (Phi) is 3.15. The molecule has 0 fully saturated rings. The van der Waals surface area contributed by atoms with Gasteiger partial charge in [0.15, 0.2) is 0 Å². The van der Waals surface area contributed by atoms with Crippen LogP contribution in [0.4, 0.5) is 0 Å². The molecule has 0 bridgehead atoms. The fourth-order valence-corrected chi connectivity index (χ4v) is 3.18. The van der Waals surface area contributed by atoms with E-state index < -0.39 is 0 Å². The summed E-state index contributed by atoms with van der Waals surface area (Å²) in [5.74, 6) is 0.754. The molecule has 2 heterocycles. The first kappa shape index (κ1) is 11.5. The highest BCUT2D eigenvalue weighted by molar-refractivity contribution is 7.98. The topological polar surface area (TPSA) is 58.6 Å². The largest absolute Gasteiger partial charge is 0.346 e. The number of aromatic nitrogens is 3. The van der Waals surface area contributed by atoms with Crippen molar-refractivity contribution < 1.29 is 0 Å². The van der Waals surface area contributed by atoms with Crippen molar-refractivity contribution in [1.82, 2.24) is 15.0 Å². The van der Waals surface area contributed by atoms with Crippen molar-refractivity contribution in [1.29, 1.82) is 0 Å². The van der Waals surface area contributed by atoms with Crippen molar-refractivity contribution in [2.75, 3.05) is 0 Å². The van der Waals surface area contributed by atoms with Gasteiger partial charge in [0.05, 0.1) is 5.69 Å². The summed E-state index contributed by atoms with van der Waals surface area (Å²) < 4.78 is 0. The average Bonchev–Trinajstić information content (AvgIpc) is 2.85. The average molecular weight is 259 g/mol. The van der Waals surface area contributed by atoms with Gasteiger partial charge in [-0.05, 0) is 31.4 Å². The van der Waals surface area contributed by atoms with E-state index in [2.05, 4.69) is 15.0 Å². The maximum absolute atomic E-state index is 11.5. The van der Waals surface area contributed by atoms with Gasteiger partial charge in [-0.1, -0.05) is 17.8 Å². The van der Waals surface area contributed by atoms with Crippen LogP contribution in [-0.2, 0) is 18.6 Å². The van der Waals surface area contributed by atoms with Crippen LogP contribution in [0.15, 0.2) is 34.2 Å². The van der Waals surface area contributed by atoms with Crippen LogP contribution in [-0.4, -0.2) is 15.0 Å². The number of hydrogen-bond donors (Lipinski definition) is 1. The second-order valence-electron chi connectivity index (χ2n) is 4.27. The van der Waals surface area contributed by atoms with E-state index in [0.717, 1.165) is 41.4 Å². The summed E-state index contributed by atoms with van der Waals surface area (Å²) >= 11 is 1.60. The molecule has 1 N–H and O–H groups in total. The van der Waals surface area contributed by atoms with E-state index >= 15 is 0 Å². The van der Waals surface area contributed by atoms with E-state index in [9.17, 15) is 4.79 Å². The van der Waals surface area contributed by atoms with Gasteiger partial charge in [0.25, 0.3) is 0 Å². The van der Waals surface area contributed by atoms with E-state index in [1.54, 1.807) is 18.0 Å². The number of nitrogens with zero attached hydrogens (tertiary/aromatic N) is 2. The van der Waals surface area contributed by atoms with Crippen LogP contribution in [0.2, 0.25) is 0 Å². The second kappa shape index (κ2) is 4.94. The van der Waals surface area contributed by atoms with Gasteiger partial charge in [-0.2, -0.15) is 4.98 Å². The SMILES string of the molecule is O=c1nc(SCc2ccccn2)c2c([nH]1)CCC2. The molecule has 2 aromatic heterocycles. The number of fused-ring (bicyclic) bond motifs is 1. The van der Waals surface area contributed by atoms with E-state index in [4.69, 9.17) is 0 Å². The Hall–Kier alpha value is -1.62. The van der Waals surface area contributed by atoms with Crippen molar-refractivity contribution in [3.05, 3.63) is 51.8 Å². The fraction of sp³-hybridized carbons (Fsp3) is 0.308. The van der Waals surface area contributed by atoms with Crippen LogP contribution in [0.5, 0.6) is 0 Å². The van der Waals surface area contributed by atoms with Gasteiger partial charge >= 0.3 is 5.69 Å². The highest BCUT2D eigenvalue weighted by Crippen LogP contribution is 2.29. The Bertz CT molecular complexity index is 609. The highest BCUT2D eigenvalue weighted by Gasteiger charge is 2.17. The monoisotopic (exact) mass is 259 g/mol. The van der Waals surface area contributed by atoms with Crippen LogP contribution in [0.3, 0.4) is 0 Å². The number of aryl methyl sites for hydroxylation is 1. The number of hydrogen-bond acceptors (Lipinski definition) is 4. The van der Waals surface area contributed by atoms with Gasteiger partial charge in [0, 0.05) is 23.2 Å². The molecule has 0 saturated carbocycles. The minimum absolute atomic E-state index is 0.237. The Morgan fingerprint density at radius 2 is 2.28 bits per heavy atom. The molecule has 18 heavy (non-hydrogen) atoms. The summed E-state index contributed by atoms with van der Waals surface area (Å²) in [4.78, 5) is 22.7. The smallest absolute Gasteiger partial charge is 0.309 e. The summed E-state index contributed by atoms with van der Waals surface area (Å²) in [5, 5.41) is 0.872. The lowest BCUT2D eigenvalue weighted by molar-refractivity contribution is 0.895. The van der Waals surface area contributed by atoms with Crippen LogP contribution in [0.1, 0.15) is 23.4 Å². The molecule has 0 aliphatic heterocycles. The van der Waals surface area contributed by atoms with Crippen LogP contribution < -0.4 is 5.69 Å². The first-order chi connectivity index (χ1) is 8.83. The van der Waals surface area contributed by atoms with E-state index in [0.29, 0.717) is 0 Å². The number of thioether (sulfide) groups is 1. The first-order valence-corrected chi connectivity index (χ1v) is 6.96. The molecule has 0 amide bonds. The number of pyridine rings is 1. The van der Waals surface area contributed by atoms with Crippen molar-refractivity contribution in [3.63, 3.8) is 0 Å². The first-order valence-electron chi connectivity index (χ1n) is 5.98. The standard InChI is InChI=1S/C13H13N3OS/c17-13-15-11-6-3-5-10(11)12(16-13)18-8-9-4-1-2-7-14-9/h1-2,4,7H,3,5-6,8H2,(H,15,16,17). The zero-order chi connectivity index (χ0) is 12.4. The lowest BCUT2D eigenvalue weighted by atomic mass is 10.3. The Balaban J connectivity index is 1.83. The molecule has 1 aliphatic rings. The van der Waals surface area contributed by atoms with Gasteiger partial charge in [-0.25, -0.2) is 4.79 Å². The normalized spacial score (nSPS) is 13.6. The molecule has 4 nitrogen and oxygen atoms in total. The molecule has 1 aliphatic carbocycles. The van der Waals surface area contributed by atoms with Crippen molar-refractivity contribution in [2.24, 2.45) is 0 Å². The summed E-state index contributed by atoms with van der Waals surface area (Å²) in [6, 6.07) is 5.86. The molecule has 92 valence electrons. The zero-order valence-electron chi connectivity index (χ0n) is 9.85. The molecule has 3 rings (SSSR count). The maximum atomic E-state index is 11.5. The van der Waals surface area contributed by atoms with Crippen LogP contribution >= 0.6 is 11.8 Å². The van der Waals surface area contributed by atoms with E-state index in [1.807, 2.05) is 18.2 Å². The fourth-order valence-electron chi connectivity index (χ4n) is 2.18. The van der Waals surface area contributed by atoms with Gasteiger partial charge in [-0.3, -0.25) is 4.98 Å². The molecular formula is C13H13N3OS. The lowest BCUT2D eigenvalue weighted by Gasteiger charge is -2.05. The predicted molar refractivity (Wildman–Crippen MR) is 70.7 cm³/mol. The minimum atomic E-state index is -0.237. The Morgan fingerprint density at radius 1 is 1.33 bits per heavy atom. The third kappa shape index (κ3) is 2.31. The molecule has 2 aromatic rings. The summed E-state index contributed by atoms with van der Waals surface area (Å²) in [7, 11) is 0. The predicted octanol–water partition coefficient (Wildman–Crippen LogP) is 1.95. The van der Waals surface area contributed by atoms with Gasteiger partial charge in [-0.15, -0.1) is 0 Å². The van der Waals surface area contributed by atoms with Crippen molar-refractivity contribution in [3.8, 4) is 0 Å². The van der Waals surface area contributed by atoms with Crippen molar-refractivity contribution >= 4 is 11.8 Å². The lowest BCUT2D eigenvalue weighted by Crippen LogP contribution is -2.14. The molecule has 5 heteroatoms. The molecule has 0 atom stereocenters. The molecule has 0 saturated heterocycles. The molecule has 0 unspecified atom stereocenters. The van der Waals surface area contributed by atoms with Gasteiger partial charge in [0.2, 0.25) is 0 Å². The van der Waals surface area contributed by atoms with Gasteiger partial charge in [0.1, 0.15) is 5.03 Å². The minimum Gasteiger partial charge on any atom is -0.309 e. The Labute approximate surface area is 109 Å². The number of rotatable bonds is 3. The summed E-state index contributed by atoms with van der Waals surface area (Å²) in [6.45, 7) is 0. The van der Waals surface area contributed by atoms with Gasteiger partial charge < -0.3 is 4.98 Å². The number of aromatic amines is 1. The van der Waals surface area contributed by atoms with Crippen LogP contribution in [0.25, 0.3) is 0 Å². The van der Waals surface area contributed by atoms with E-state index in [-0.39, 0.29) is 5.69 Å². The maximum Gasteiger partial charge on any atom is 0.346 e. The van der Waals surface area contributed by atoms with E-state index in [1.165, 1.54) is 5.56 Å². The molecular weight excluding hydrogens is 246 g/mol. The molecule has 0 aromatic carbocycles. The summed E-state index contributed by atoms with van der Waals surface area (Å²) in [5.41, 5.74) is 3.06. The Morgan fingerprint density at radius 3 is 3.11 bits per heavy atom. The molecule has 0 spiro atoms. The second-order valence-corrected chi connectivity index (χ2v) is 5.23. The number of H-pyrrole nitrogens is 1. The molecule has 0 radical (unpaired) electrons.